The second-order valence-electron chi connectivity index (χ2n) is 4.62. The molecule has 0 amide bonds. The Morgan fingerprint density at radius 3 is 2.84 bits per heavy atom. The van der Waals surface area contributed by atoms with Crippen molar-refractivity contribution in [3.8, 4) is 0 Å². The van der Waals surface area contributed by atoms with Crippen LogP contribution in [0.25, 0.3) is 0 Å². The number of benzene rings is 1. The van der Waals surface area contributed by atoms with Crippen LogP contribution in [0.2, 0.25) is 0 Å². The molecule has 0 aliphatic heterocycles. The van der Waals surface area contributed by atoms with Crippen molar-refractivity contribution in [1.29, 1.82) is 0 Å². The highest BCUT2D eigenvalue weighted by Gasteiger charge is 2.11. The summed E-state index contributed by atoms with van der Waals surface area (Å²) in [5.41, 5.74) is 3.53. The lowest BCUT2D eigenvalue weighted by atomic mass is 10.2. The van der Waals surface area contributed by atoms with Gasteiger partial charge in [0.25, 0.3) is 0 Å². The number of anilines is 2. The third kappa shape index (κ3) is 3.44. The average Bonchev–Trinajstić information content (AvgIpc) is 2.84. The first-order chi connectivity index (χ1) is 9.22. The number of aryl methyl sites for hydroxylation is 1. The quantitative estimate of drug-likeness (QED) is 0.879. The monoisotopic (exact) mass is 276 g/mol. The van der Waals surface area contributed by atoms with Gasteiger partial charge in [-0.15, -0.1) is 5.10 Å². The lowest BCUT2D eigenvalue weighted by Crippen LogP contribution is -2.18. The lowest BCUT2D eigenvalue weighted by Gasteiger charge is -2.20. The Hall–Kier alpha value is -1.62. The highest BCUT2D eigenvalue weighted by atomic mass is 32.1. The van der Waals surface area contributed by atoms with Crippen molar-refractivity contribution in [2.45, 2.75) is 26.8 Å². The first-order valence-corrected chi connectivity index (χ1v) is 7.31. The maximum atomic E-state index is 4.23. The standard InChI is InChI=1S/C14H20N4S/c1-4-9-15-14-12(16-17-19-14)10-18(3)13-8-6-5-7-11(13)2/h5-8,15H,4,9-10H2,1-3H3. The molecule has 0 bridgehead atoms. The fourth-order valence-electron chi connectivity index (χ4n) is 1.99. The first-order valence-electron chi connectivity index (χ1n) is 6.54. The topological polar surface area (TPSA) is 41.1 Å². The molecular weight excluding hydrogens is 256 g/mol. The third-order valence-electron chi connectivity index (χ3n) is 3.00. The predicted molar refractivity (Wildman–Crippen MR) is 82.0 cm³/mol. The molecule has 0 fully saturated rings. The van der Waals surface area contributed by atoms with E-state index in [1.165, 1.54) is 22.8 Å². The summed E-state index contributed by atoms with van der Waals surface area (Å²) >= 11 is 1.43. The van der Waals surface area contributed by atoms with E-state index >= 15 is 0 Å². The maximum Gasteiger partial charge on any atom is 0.135 e. The summed E-state index contributed by atoms with van der Waals surface area (Å²) in [5.74, 6) is 0. The van der Waals surface area contributed by atoms with Crippen LogP contribution in [0.1, 0.15) is 24.6 Å². The van der Waals surface area contributed by atoms with Gasteiger partial charge in [0.05, 0.1) is 6.54 Å². The largest absolute Gasteiger partial charge is 0.374 e. The van der Waals surface area contributed by atoms with Crippen LogP contribution in [0, 0.1) is 6.92 Å². The molecule has 19 heavy (non-hydrogen) atoms. The molecule has 1 aromatic heterocycles. The maximum absolute atomic E-state index is 4.23. The van der Waals surface area contributed by atoms with Crippen LogP contribution in [0.15, 0.2) is 24.3 Å². The third-order valence-corrected chi connectivity index (χ3v) is 3.73. The van der Waals surface area contributed by atoms with Crippen LogP contribution in [0.4, 0.5) is 10.7 Å². The first kappa shape index (κ1) is 13.8. The van der Waals surface area contributed by atoms with E-state index in [1.807, 2.05) is 0 Å². The van der Waals surface area contributed by atoms with E-state index in [1.54, 1.807) is 0 Å². The Morgan fingerprint density at radius 2 is 2.11 bits per heavy atom. The summed E-state index contributed by atoms with van der Waals surface area (Å²) in [6.07, 6.45) is 1.10. The number of rotatable bonds is 6. The minimum atomic E-state index is 0.771. The zero-order valence-corrected chi connectivity index (χ0v) is 12.5. The lowest BCUT2D eigenvalue weighted by molar-refractivity contribution is 0.866. The number of hydrogen-bond acceptors (Lipinski definition) is 5. The molecule has 2 rings (SSSR count). The number of nitrogens with one attached hydrogen (secondary N) is 1. The van der Waals surface area contributed by atoms with E-state index in [0.717, 1.165) is 30.2 Å². The molecule has 0 spiro atoms. The van der Waals surface area contributed by atoms with Gasteiger partial charge in [0.2, 0.25) is 0 Å². The summed E-state index contributed by atoms with van der Waals surface area (Å²) in [6.45, 7) is 6.01. The Bertz CT molecular complexity index is 524. The Balaban J connectivity index is 2.09. The van der Waals surface area contributed by atoms with Crippen LogP contribution in [-0.2, 0) is 6.54 Å². The van der Waals surface area contributed by atoms with Crippen molar-refractivity contribution >= 4 is 22.2 Å². The second-order valence-corrected chi connectivity index (χ2v) is 5.37. The molecule has 1 aromatic carbocycles. The van der Waals surface area contributed by atoms with Crippen LogP contribution < -0.4 is 10.2 Å². The van der Waals surface area contributed by atoms with Gasteiger partial charge in [0.15, 0.2) is 0 Å². The molecular formula is C14H20N4S. The molecule has 0 aliphatic rings. The van der Waals surface area contributed by atoms with Gasteiger partial charge >= 0.3 is 0 Å². The van der Waals surface area contributed by atoms with Crippen molar-refractivity contribution in [1.82, 2.24) is 9.59 Å². The van der Waals surface area contributed by atoms with Gasteiger partial charge in [-0.1, -0.05) is 29.6 Å². The van der Waals surface area contributed by atoms with Gasteiger partial charge in [0, 0.05) is 30.8 Å². The summed E-state index contributed by atoms with van der Waals surface area (Å²) in [5, 5.41) is 8.70. The van der Waals surface area contributed by atoms with Crippen LogP contribution in [0.3, 0.4) is 0 Å². The van der Waals surface area contributed by atoms with Gasteiger partial charge in [-0.2, -0.15) is 0 Å². The van der Waals surface area contributed by atoms with Crippen molar-refractivity contribution in [2.24, 2.45) is 0 Å². The molecule has 0 aliphatic carbocycles. The fraction of sp³-hybridized carbons (Fsp3) is 0.429. The van der Waals surface area contributed by atoms with Gasteiger partial charge in [-0.05, 0) is 25.0 Å². The minimum absolute atomic E-state index is 0.771. The normalized spacial score (nSPS) is 10.5. The van der Waals surface area contributed by atoms with Crippen LogP contribution in [-0.4, -0.2) is 23.2 Å². The number of nitrogens with zero attached hydrogens (tertiary/aromatic N) is 3. The second kappa shape index (κ2) is 6.52. The van der Waals surface area contributed by atoms with E-state index < -0.39 is 0 Å². The summed E-state index contributed by atoms with van der Waals surface area (Å²) in [6, 6.07) is 8.38. The smallest absolute Gasteiger partial charge is 0.135 e. The van der Waals surface area contributed by atoms with Gasteiger partial charge in [0.1, 0.15) is 10.7 Å². The number of hydrogen-bond donors (Lipinski definition) is 1. The highest BCUT2D eigenvalue weighted by Crippen LogP contribution is 2.23. The fourth-order valence-corrected chi connectivity index (χ4v) is 2.58. The minimum Gasteiger partial charge on any atom is -0.374 e. The van der Waals surface area contributed by atoms with Crippen LogP contribution >= 0.6 is 11.5 Å². The van der Waals surface area contributed by atoms with E-state index in [-0.39, 0.29) is 0 Å². The van der Waals surface area contributed by atoms with E-state index in [0.29, 0.717) is 0 Å². The van der Waals surface area contributed by atoms with Crippen molar-refractivity contribution in [3.05, 3.63) is 35.5 Å². The molecule has 0 saturated heterocycles. The molecule has 0 atom stereocenters. The zero-order chi connectivity index (χ0) is 13.7. The molecule has 1 N–H and O–H groups in total. The summed E-state index contributed by atoms with van der Waals surface area (Å²) in [4.78, 5) is 2.21. The Kier molecular flexibility index (Phi) is 4.74. The van der Waals surface area contributed by atoms with Gasteiger partial charge < -0.3 is 10.2 Å². The molecule has 1 heterocycles. The molecule has 2 aromatic rings. The SMILES string of the molecule is CCCNc1snnc1CN(C)c1ccccc1C. The molecule has 0 saturated carbocycles. The molecule has 0 radical (unpaired) electrons. The molecule has 5 heteroatoms. The molecule has 0 unspecified atom stereocenters. The van der Waals surface area contributed by atoms with Gasteiger partial charge in [-0.3, -0.25) is 0 Å². The van der Waals surface area contributed by atoms with Crippen molar-refractivity contribution in [2.75, 3.05) is 23.8 Å². The molecule has 4 nitrogen and oxygen atoms in total. The highest BCUT2D eigenvalue weighted by molar-refractivity contribution is 7.10. The number of para-hydroxylation sites is 1. The zero-order valence-electron chi connectivity index (χ0n) is 11.7. The summed E-state index contributed by atoms with van der Waals surface area (Å²) < 4.78 is 4.05. The van der Waals surface area contributed by atoms with Crippen molar-refractivity contribution in [3.63, 3.8) is 0 Å². The number of aromatic nitrogens is 2. The van der Waals surface area contributed by atoms with Crippen molar-refractivity contribution < 1.29 is 0 Å². The predicted octanol–water partition coefficient (Wildman–Crippen LogP) is 3.30. The van der Waals surface area contributed by atoms with E-state index in [4.69, 9.17) is 0 Å². The van der Waals surface area contributed by atoms with E-state index in [9.17, 15) is 0 Å². The molecule has 102 valence electrons. The average molecular weight is 276 g/mol. The van der Waals surface area contributed by atoms with Gasteiger partial charge in [-0.25, -0.2) is 0 Å². The van der Waals surface area contributed by atoms with E-state index in [2.05, 4.69) is 65.0 Å². The summed E-state index contributed by atoms with van der Waals surface area (Å²) in [7, 11) is 2.09. The Labute approximate surface area is 118 Å². The van der Waals surface area contributed by atoms with Crippen LogP contribution in [0.5, 0.6) is 0 Å². The Morgan fingerprint density at radius 1 is 1.32 bits per heavy atom.